The van der Waals surface area contributed by atoms with Gasteiger partial charge in [-0.2, -0.15) is 0 Å². The van der Waals surface area contributed by atoms with Gasteiger partial charge in [-0.1, -0.05) is 12.7 Å². The van der Waals surface area contributed by atoms with Crippen LogP contribution in [0.15, 0.2) is 25.3 Å². The molecule has 0 spiro atoms. The summed E-state index contributed by atoms with van der Waals surface area (Å²) in [7, 11) is -10.7. The van der Waals surface area contributed by atoms with E-state index in [4.69, 9.17) is 0 Å². The molecule has 0 aromatic carbocycles. The van der Waals surface area contributed by atoms with Crippen molar-refractivity contribution in [2.24, 2.45) is 11.8 Å². The van der Waals surface area contributed by atoms with Gasteiger partial charge in [0.2, 0.25) is 0 Å². The molecule has 2 saturated heterocycles. The summed E-state index contributed by atoms with van der Waals surface area (Å²) < 4.78 is 59.2. The molecule has 1 N–H and O–H groups in total. The summed E-state index contributed by atoms with van der Waals surface area (Å²) in [6.45, 7) is 15.2. The number of likely N-dealkylation sites (tertiary alicyclic amines) is 2. The zero-order chi connectivity index (χ0) is 17.1. The van der Waals surface area contributed by atoms with Crippen molar-refractivity contribution in [3.63, 3.8) is 0 Å². The Morgan fingerprint density at radius 1 is 0.955 bits per heavy atom. The Kier molecular flexibility index (Phi) is 5.42. The van der Waals surface area contributed by atoms with Crippen LogP contribution in [-0.4, -0.2) is 44.2 Å². The molecule has 1 unspecified atom stereocenters. The SMILES string of the molecule is C=CCN1C[C@H]2C[C@@H](C1)C[NH+](CC=C)C2.F[P-](F)(F)(F)(F)F. The average Bonchev–Trinajstić information content (AvgIpc) is 2.24. The van der Waals surface area contributed by atoms with Crippen molar-refractivity contribution < 1.29 is 30.1 Å². The number of hydrogen-bond donors (Lipinski definition) is 1. The standard InChI is InChI=1S/C13H22N2.F6P/c1-3-5-14-8-12-7-13(9-14)11-15(10-12)6-4-2;1-7(2,3,4,5)6/h3-4,12-13H,1-2,5-11H2;/q;-1/p+1/t12-,13+;. The molecule has 2 aliphatic heterocycles. The van der Waals surface area contributed by atoms with Crippen LogP contribution in [0.3, 0.4) is 0 Å². The summed E-state index contributed by atoms with van der Waals surface area (Å²) in [5.74, 6) is 1.82. The first-order valence-corrected chi connectivity index (χ1v) is 9.13. The van der Waals surface area contributed by atoms with Gasteiger partial charge in [-0.05, 0) is 12.5 Å². The molecule has 3 atom stereocenters. The molecule has 2 fully saturated rings. The summed E-state index contributed by atoms with van der Waals surface area (Å²) in [4.78, 5) is 4.31. The minimum absolute atomic E-state index is 0.910. The van der Waals surface area contributed by atoms with Gasteiger partial charge in [-0.25, -0.2) is 0 Å². The maximum absolute atomic E-state index is 10.7. The van der Waals surface area contributed by atoms with Crippen molar-refractivity contribution in [1.82, 2.24) is 4.90 Å². The Balaban J connectivity index is 0.000000295. The van der Waals surface area contributed by atoms with E-state index in [0.717, 1.165) is 24.9 Å². The predicted molar refractivity (Wildman–Crippen MR) is 77.6 cm³/mol. The first kappa shape index (κ1) is 19.5. The van der Waals surface area contributed by atoms with Gasteiger partial charge in [0, 0.05) is 31.5 Å². The van der Waals surface area contributed by atoms with Crippen LogP contribution in [0.4, 0.5) is 25.2 Å². The van der Waals surface area contributed by atoms with E-state index in [1.165, 1.54) is 32.6 Å². The van der Waals surface area contributed by atoms with E-state index in [1.54, 1.807) is 4.90 Å². The normalized spacial score (nSPS) is 32.0. The van der Waals surface area contributed by atoms with E-state index in [0.29, 0.717) is 0 Å². The van der Waals surface area contributed by atoms with Crippen LogP contribution < -0.4 is 4.90 Å². The third-order valence-corrected chi connectivity index (χ3v) is 3.67. The zero-order valence-electron chi connectivity index (χ0n) is 12.3. The average molecular weight is 352 g/mol. The monoisotopic (exact) mass is 352 g/mol. The van der Waals surface area contributed by atoms with Crippen LogP contribution in [0, 0.1) is 11.8 Å². The van der Waals surface area contributed by atoms with E-state index >= 15 is 0 Å². The van der Waals surface area contributed by atoms with Crippen molar-refractivity contribution in [2.75, 3.05) is 39.3 Å². The van der Waals surface area contributed by atoms with Crippen molar-refractivity contribution >= 4 is 7.81 Å². The van der Waals surface area contributed by atoms with Crippen LogP contribution in [0.1, 0.15) is 6.42 Å². The molecule has 0 amide bonds. The van der Waals surface area contributed by atoms with Gasteiger partial charge in [0.05, 0.1) is 19.6 Å². The predicted octanol–water partition coefficient (Wildman–Crippen LogP) is 3.58. The summed E-state index contributed by atoms with van der Waals surface area (Å²) in [5, 5.41) is 0. The molecule has 0 aromatic heterocycles. The number of rotatable bonds is 4. The van der Waals surface area contributed by atoms with Crippen molar-refractivity contribution in [1.29, 1.82) is 0 Å². The summed E-state index contributed by atoms with van der Waals surface area (Å²) in [6, 6.07) is 0. The number of piperidine rings is 2. The van der Waals surface area contributed by atoms with Crippen molar-refractivity contribution in [2.45, 2.75) is 6.42 Å². The van der Waals surface area contributed by atoms with Gasteiger partial charge in [-0.15, -0.1) is 6.58 Å². The molecule has 22 heavy (non-hydrogen) atoms. The Bertz CT molecular complexity index is 360. The Labute approximate surface area is 126 Å². The summed E-state index contributed by atoms with van der Waals surface area (Å²) in [5.41, 5.74) is 0. The second-order valence-electron chi connectivity index (χ2n) is 6.08. The number of quaternary nitrogens is 1. The molecule has 2 nitrogen and oxygen atoms in total. The molecule has 0 aliphatic carbocycles. The van der Waals surface area contributed by atoms with E-state index in [9.17, 15) is 25.2 Å². The third-order valence-electron chi connectivity index (χ3n) is 3.67. The fourth-order valence-electron chi connectivity index (χ4n) is 3.32. The molecule has 0 saturated carbocycles. The molecule has 0 radical (unpaired) electrons. The molecule has 2 rings (SSSR count). The number of hydrogen-bond acceptors (Lipinski definition) is 1. The molecule has 132 valence electrons. The van der Waals surface area contributed by atoms with Gasteiger partial charge >= 0.3 is 33.0 Å². The third kappa shape index (κ3) is 10.2. The number of nitrogens with zero attached hydrogens (tertiary/aromatic N) is 1. The van der Waals surface area contributed by atoms with Crippen molar-refractivity contribution in [3.8, 4) is 0 Å². The van der Waals surface area contributed by atoms with E-state index in [2.05, 4.69) is 24.1 Å². The van der Waals surface area contributed by atoms with Crippen LogP contribution >= 0.6 is 7.81 Å². The van der Waals surface area contributed by atoms with E-state index in [1.807, 2.05) is 6.08 Å². The van der Waals surface area contributed by atoms with Crippen molar-refractivity contribution in [3.05, 3.63) is 25.3 Å². The van der Waals surface area contributed by atoms with Crippen LogP contribution in [-0.2, 0) is 0 Å². The fourth-order valence-corrected chi connectivity index (χ4v) is 3.32. The van der Waals surface area contributed by atoms with Crippen LogP contribution in [0.25, 0.3) is 0 Å². The van der Waals surface area contributed by atoms with Gasteiger partial charge < -0.3 is 4.90 Å². The van der Waals surface area contributed by atoms with Gasteiger partial charge in [0.15, 0.2) is 0 Å². The topological polar surface area (TPSA) is 7.68 Å². The van der Waals surface area contributed by atoms with Gasteiger partial charge in [-0.3, -0.25) is 4.90 Å². The number of halogens is 6. The molecule has 2 aliphatic rings. The van der Waals surface area contributed by atoms with Crippen LogP contribution in [0.5, 0.6) is 0 Å². The van der Waals surface area contributed by atoms with E-state index < -0.39 is 7.81 Å². The molecule has 2 heterocycles. The first-order valence-electron chi connectivity index (χ1n) is 7.11. The van der Waals surface area contributed by atoms with Crippen LogP contribution in [0.2, 0.25) is 0 Å². The molecular weight excluding hydrogens is 329 g/mol. The second-order valence-corrected chi connectivity index (χ2v) is 8.00. The molecule has 0 aromatic rings. The zero-order valence-corrected chi connectivity index (χ0v) is 13.2. The second kappa shape index (κ2) is 6.13. The van der Waals surface area contributed by atoms with Gasteiger partial charge in [0.1, 0.15) is 0 Å². The number of fused-ring (bicyclic) bond motifs is 2. The maximum atomic E-state index is 9.87. The Morgan fingerprint density at radius 2 is 1.41 bits per heavy atom. The van der Waals surface area contributed by atoms with E-state index in [-0.39, 0.29) is 0 Å². The molecular formula is C13H23F6N2P. The first-order chi connectivity index (χ1) is 9.76. The Hall–Kier alpha value is -0.590. The molecule has 9 heteroatoms. The molecule has 2 bridgehead atoms. The fraction of sp³-hybridized carbons (Fsp3) is 0.692. The minimum atomic E-state index is -10.7. The Morgan fingerprint density at radius 3 is 1.77 bits per heavy atom. The quantitative estimate of drug-likeness (QED) is 0.462. The summed E-state index contributed by atoms with van der Waals surface area (Å²) >= 11 is 0. The summed E-state index contributed by atoms with van der Waals surface area (Å²) in [6.07, 6.45) is 5.56. The number of nitrogens with one attached hydrogen (secondary N) is 1. The van der Waals surface area contributed by atoms with Gasteiger partial charge in [0.25, 0.3) is 0 Å².